The fraction of sp³-hybridized carbons (Fsp3) is 0.263. The summed E-state index contributed by atoms with van der Waals surface area (Å²) in [5, 5.41) is 14.6. The maximum atomic E-state index is 12.4. The number of rotatable bonds is 5. The van der Waals surface area contributed by atoms with E-state index in [0.29, 0.717) is 11.5 Å². The summed E-state index contributed by atoms with van der Waals surface area (Å²) in [4.78, 5) is 39.9. The molecule has 0 spiro atoms. The van der Waals surface area contributed by atoms with Crippen LogP contribution in [0.4, 0.5) is 11.5 Å². The number of amides is 2. The van der Waals surface area contributed by atoms with E-state index in [4.69, 9.17) is 11.6 Å². The molecule has 1 aliphatic carbocycles. The molecule has 0 aliphatic heterocycles. The monoisotopic (exact) mass is 387 g/mol. The molecule has 140 valence electrons. The van der Waals surface area contributed by atoms with Crippen molar-refractivity contribution in [1.29, 1.82) is 0 Å². The van der Waals surface area contributed by atoms with Crippen LogP contribution >= 0.6 is 11.6 Å². The molecule has 8 heteroatoms. The molecule has 1 heterocycles. The summed E-state index contributed by atoms with van der Waals surface area (Å²) in [5.41, 5.74) is 0.0316. The van der Waals surface area contributed by atoms with Gasteiger partial charge in [-0.1, -0.05) is 31.5 Å². The molecule has 2 atom stereocenters. The summed E-state index contributed by atoms with van der Waals surface area (Å²) in [6, 6.07) is 9.61. The van der Waals surface area contributed by atoms with Crippen LogP contribution < -0.4 is 10.6 Å². The predicted octanol–water partition coefficient (Wildman–Crippen LogP) is 3.28. The summed E-state index contributed by atoms with van der Waals surface area (Å²) in [7, 11) is 0. The van der Waals surface area contributed by atoms with Crippen LogP contribution in [0.1, 0.15) is 24.2 Å². The molecule has 1 aromatic carbocycles. The zero-order valence-corrected chi connectivity index (χ0v) is 15.4. The van der Waals surface area contributed by atoms with E-state index in [-0.39, 0.29) is 16.5 Å². The average molecular weight is 388 g/mol. The fourth-order valence-electron chi connectivity index (χ4n) is 3.21. The molecule has 7 nitrogen and oxygen atoms in total. The first-order valence-electron chi connectivity index (χ1n) is 8.27. The van der Waals surface area contributed by atoms with Crippen LogP contribution in [0.25, 0.3) is 0 Å². The van der Waals surface area contributed by atoms with E-state index in [9.17, 15) is 19.5 Å². The number of nitrogens with one attached hydrogen (secondary N) is 2. The molecule has 2 aromatic rings. The molecule has 0 radical (unpaired) electrons. The van der Waals surface area contributed by atoms with Gasteiger partial charge in [-0.05, 0) is 35.7 Å². The zero-order chi connectivity index (χ0) is 19.8. The minimum absolute atomic E-state index is 0.158. The SMILES string of the molecule is CC1(C)[C@H](C(=O)Nc2ccc(C(=O)Nc3ccccn3)c(Cl)c2)[C@@H]1C(=O)O. The quantitative estimate of drug-likeness (QED) is 0.729. The van der Waals surface area contributed by atoms with Crippen LogP contribution in [0, 0.1) is 17.3 Å². The second kappa shape index (κ2) is 7.00. The molecule has 1 aliphatic rings. The lowest BCUT2D eigenvalue weighted by molar-refractivity contribution is -0.140. The first-order valence-corrected chi connectivity index (χ1v) is 8.65. The van der Waals surface area contributed by atoms with Crippen LogP contribution in [-0.2, 0) is 9.59 Å². The second-order valence-corrected chi connectivity index (χ2v) is 7.38. The Hall–Kier alpha value is -2.93. The lowest BCUT2D eigenvalue weighted by Gasteiger charge is -2.10. The number of hydrogen-bond acceptors (Lipinski definition) is 4. The van der Waals surface area contributed by atoms with Crippen molar-refractivity contribution in [3.8, 4) is 0 Å². The third-order valence-corrected chi connectivity index (χ3v) is 5.08. The molecule has 1 saturated carbocycles. The van der Waals surface area contributed by atoms with E-state index in [0.717, 1.165) is 0 Å². The highest BCUT2D eigenvalue weighted by molar-refractivity contribution is 6.34. The van der Waals surface area contributed by atoms with Crippen LogP contribution in [0.5, 0.6) is 0 Å². The van der Waals surface area contributed by atoms with Crippen molar-refractivity contribution < 1.29 is 19.5 Å². The molecule has 27 heavy (non-hydrogen) atoms. The molecule has 0 bridgehead atoms. The Morgan fingerprint density at radius 1 is 1.11 bits per heavy atom. The Labute approximate surface area is 160 Å². The van der Waals surface area contributed by atoms with Crippen molar-refractivity contribution in [2.75, 3.05) is 10.6 Å². The van der Waals surface area contributed by atoms with E-state index >= 15 is 0 Å². The molecule has 1 fully saturated rings. The van der Waals surface area contributed by atoms with Gasteiger partial charge in [0.2, 0.25) is 5.91 Å². The standard InChI is InChI=1S/C19H18ClN3O4/c1-19(2)14(15(19)18(26)27)17(25)22-10-6-7-11(12(20)9-10)16(24)23-13-5-3-4-8-21-13/h3-9,14-15H,1-2H3,(H,22,25)(H,26,27)(H,21,23,24)/t14-,15+/m0/s1. The lowest BCUT2D eigenvalue weighted by Crippen LogP contribution is -2.18. The highest BCUT2D eigenvalue weighted by atomic mass is 35.5. The van der Waals surface area contributed by atoms with E-state index in [2.05, 4.69) is 15.6 Å². The first-order chi connectivity index (χ1) is 12.7. The first kappa shape index (κ1) is 18.8. The minimum atomic E-state index is -0.986. The van der Waals surface area contributed by atoms with Crippen LogP contribution in [0.2, 0.25) is 5.02 Å². The average Bonchev–Trinajstić information content (AvgIpc) is 3.18. The van der Waals surface area contributed by atoms with Gasteiger partial charge < -0.3 is 15.7 Å². The zero-order valence-electron chi connectivity index (χ0n) is 14.7. The highest BCUT2D eigenvalue weighted by Gasteiger charge is 2.65. The van der Waals surface area contributed by atoms with Gasteiger partial charge in [0.1, 0.15) is 5.82 Å². The maximum Gasteiger partial charge on any atom is 0.307 e. The molecule has 3 N–H and O–H groups in total. The van der Waals surface area contributed by atoms with Crippen molar-refractivity contribution in [3.05, 3.63) is 53.2 Å². The molecular formula is C19H18ClN3O4. The molecule has 3 rings (SSSR count). The maximum absolute atomic E-state index is 12.4. The van der Waals surface area contributed by atoms with Crippen LogP contribution in [0.15, 0.2) is 42.6 Å². The van der Waals surface area contributed by atoms with Crippen molar-refractivity contribution in [1.82, 2.24) is 4.98 Å². The second-order valence-electron chi connectivity index (χ2n) is 6.97. The van der Waals surface area contributed by atoms with Gasteiger partial charge in [0, 0.05) is 11.9 Å². The van der Waals surface area contributed by atoms with Crippen molar-refractivity contribution in [2.24, 2.45) is 17.3 Å². The number of carbonyl (C=O) groups is 3. The highest BCUT2D eigenvalue weighted by Crippen LogP contribution is 2.58. The number of benzene rings is 1. The number of pyridine rings is 1. The van der Waals surface area contributed by atoms with E-state index in [1.807, 2.05) is 0 Å². The molecule has 2 amide bonds. The normalized spacial score (nSPS) is 19.8. The summed E-state index contributed by atoms with van der Waals surface area (Å²) in [6.07, 6.45) is 1.56. The van der Waals surface area contributed by atoms with Crippen molar-refractivity contribution in [2.45, 2.75) is 13.8 Å². The van der Waals surface area contributed by atoms with Gasteiger partial charge in [-0.25, -0.2) is 4.98 Å². The molecule has 0 unspecified atom stereocenters. The summed E-state index contributed by atoms with van der Waals surface area (Å²) in [6.45, 7) is 3.49. The Balaban J connectivity index is 1.69. The van der Waals surface area contributed by atoms with Gasteiger partial charge in [-0.2, -0.15) is 0 Å². The summed E-state index contributed by atoms with van der Waals surface area (Å²) in [5.74, 6) is -2.72. The predicted molar refractivity (Wildman–Crippen MR) is 101 cm³/mol. The number of aromatic nitrogens is 1. The van der Waals surface area contributed by atoms with Gasteiger partial charge in [-0.15, -0.1) is 0 Å². The molecular weight excluding hydrogens is 370 g/mol. The number of nitrogens with zero attached hydrogens (tertiary/aromatic N) is 1. The summed E-state index contributed by atoms with van der Waals surface area (Å²) < 4.78 is 0. The number of carboxylic acids is 1. The Morgan fingerprint density at radius 3 is 2.41 bits per heavy atom. The third kappa shape index (κ3) is 3.78. The summed E-state index contributed by atoms with van der Waals surface area (Å²) >= 11 is 6.18. The van der Waals surface area contributed by atoms with Crippen LogP contribution in [-0.4, -0.2) is 27.9 Å². The van der Waals surface area contributed by atoms with Crippen molar-refractivity contribution in [3.63, 3.8) is 0 Å². The Kier molecular flexibility index (Phi) is 4.89. The Bertz CT molecular complexity index is 914. The smallest absolute Gasteiger partial charge is 0.307 e. The number of carboxylic acid groups (broad SMARTS) is 1. The number of anilines is 2. The van der Waals surface area contributed by atoms with E-state index in [1.165, 1.54) is 12.1 Å². The number of hydrogen-bond donors (Lipinski definition) is 3. The molecule has 0 saturated heterocycles. The Morgan fingerprint density at radius 2 is 1.85 bits per heavy atom. The molecule has 1 aromatic heterocycles. The van der Waals surface area contributed by atoms with Crippen molar-refractivity contribution >= 4 is 40.9 Å². The van der Waals surface area contributed by atoms with Crippen LogP contribution in [0.3, 0.4) is 0 Å². The largest absolute Gasteiger partial charge is 0.481 e. The number of halogens is 1. The lowest BCUT2D eigenvalue weighted by atomic mass is 10.1. The fourth-order valence-corrected chi connectivity index (χ4v) is 3.47. The number of aliphatic carboxylic acids is 1. The van der Waals surface area contributed by atoms with Gasteiger partial charge in [0.15, 0.2) is 0 Å². The van der Waals surface area contributed by atoms with Gasteiger partial charge >= 0.3 is 5.97 Å². The van der Waals surface area contributed by atoms with Gasteiger partial charge in [0.25, 0.3) is 5.91 Å². The van der Waals surface area contributed by atoms with Gasteiger partial charge in [-0.3, -0.25) is 14.4 Å². The van der Waals surface area contributed by atoms with Gasteiger partial charge in [0.05, 0.1) is 22.4 Å². The van der Waals surface area contributed by atoms with E-state index < -0.39 is 29.1 Å². The number of carbonyl (C=O) groups excluding carboxylic acids is 2. The minimum Gasteiger partial charge on any atom is -0.481 e. The van der Waals surface area contributed by atoms with E-state index in [1.54, 1.807) is 44.3 Å². The topological polar surface area (TPSA) is 108 Å². The third-order valence-electron chi connectivity index (χ3n) is 4.76.